The maximum Gasteiger partial charge on any atom is 0.176 e. The molecule has 0 atom stereocenters. The summed E-state index contributed by atoms with van der Waals surface area (Å²) in [6.07, 6.45) is 8.51. The first-order chi connectivity index (χ1) is 9.69. The van der Waals surface area contributed by atoms with E-state index >= 15 is 0 Å². The highest BCUT2D eigenvalue weighted by atomic mass is 16.1. The molecule has 0 bridgehead atoms. The largest absolute Gasteiger partial charge is 0.337 e. The lowest BCUT2D eigenvalue weighted by molar-refractivity contribution is 0.101. The summed E-state index contributed by atoms with van der Waals surface area (Å²) in [5, 5.41) is 0. The van der Waals surface area contributed by atoms with Crippen molar-refractivity contribution >= 4 is 5.78 Å². The molecule has 0 saturated carbocycles. The second-order valence-corrected chi connectivity index (χ2v) is 5.30. The van der Waals surface area contributed by atoms with Crippen molar-refractivity contribution in [1.82, 2.24) is 4.98 Å². The summed E-state index contributed by atoms with van der Waals surface area (Å²) in [5.74, 6) is 0.0819. The molecular weight excluding hydrogens is 248 g/mol. The van der Waals surface area contributed by atoms with Gasteiger partial charge in [-0.15, -0.1) is 0 Å². The summed E-state index contributed by atoms with van der Waals surface area (Å²) in [4.78, 5) is 19.3. The molecular formula is C17H28N2O. The number of nitrogens with one attached hydrogen (secondary N) is 1. The third kappa shape index (κ3) is 5.72. The summed E-state index contributed by atoms with van der Waals surface area (Å²) in [6.45, 7) is 6.73. The molecule has 112 valence electrons. The Labute approximate surface area is 122 Å². The number of unbranched alkanes of at least 4 members (excludes halogenated alkanes) is 5. The zero-order chi connectivity index (χ0) is 14.8. The fourth-order valence-electron chi connectivity index (χ4n) is 2.31. The monoisotopic (exact) mass is 276 g/mol. The van der Waals surface area contributed by atoms with Crippen LogP contribution in [0.25, 0.3) is 0 Å². The molecule has 3 heteroatoms. The maximum absolute atomic E-state index is 11.6. The van der Waals surface area contributed by atoms with E-state index in [0.717, 1.165) is 30.4 Å². The van der Waals surface area contributed by atoms with Gasteiger partial charge in [-0.2, -0.15) is 0 Å². The summed E-state index contributed by atoms with van der Waals surface area (Å²) >= 11 is 0. The van der Waals surface area contributed by atoms with Gasteiger partial charge < -0.3 is 4.98 Å². The SMILES string of the molecule is CCCCCCCCN=c1ccc(CC)c(C(C)=O)[nH]1. The molecule has 1 N–H and O–H groups in total. The maximum atomic E-state index is 11.6. The van der Waals surface area contributed by atoms with Gasteiger partial charge in [-0.25, -0.2) is 0 Å². The minimum Gasteiger partial charge on any atom is -0.337 e. The van der Waals surface area contributed by atoms with E-state index in [4.69, 9.17) is 0 Å². The van der Waals surface area contributed by atoms with E-state index < -0.39 is 0 Å². The van der Waals surface area contributed by atoms with Crippen molar-refractivity contribution in [2.45, 2.75) is 65.7 Å². The minimum atomic E-state index is 0.0819. The molecule has 3 nitrogen and oxygen atoms in total. The van der Waals surface area contributed by atoms with Crippen LogP contribution in [0, 0.1) is 0 Å². The van der Waals surface area contributed by atoms with E-state index in [1.807, 2.05) is 12.1 Å². The number of carbonyl (C=O) groups is 1. The zero-order valence-electron chi connectivity index (χ0n) is 13.2. The van der Waals surface area contributed by atoms with Crippen molar-refractivity contribution in [2.75, 3.05) is 6.54 Å². The topological polar surface area (TPSA) is 45.2 Å². The highest BCUT2D eigenvalue weighted by Crippen LogP contribution is 2.06. The van der Waals surface area contributed by atoms with E-state index in [-0.39, 0.29) is 5.78 Å². The van der Waals surface area contributed by atoms with E-state index in [1.165, 1.54) is 32.1 Å². The van der Waals surface area contributed by atoms with Crippen LogP contribution in [-0.4, -0.2) is 17.3 Å². The quantitative estimate of drug-likeness (QED) is 0.537. The van der Waals surface area contributed by atoms with Gasteiger partial charge in [-0.05, 0) is 24.5 Å². The first kappa shape index (κ1) is 16.7. The number of aromatic nitrogens is 1. The first-order valence-corrected chi connectivity index (χ1v) is 7.92. The van der Waals surface area contributed by atoms with E-state index in [9.17, 15) is 4.79 Å². The van der Waals surface area contributed by atoms with Gasteiger partial charge in [0.1, 0.15) is 5.49 Å². The van der Waals surface area contributed by atoms with Crippen LogP contribution in [0.5, 0.6) is 0 Å². The van der Waals surface area contributed by atoms with Crippen LogP contribution in [0.15, 0.2) is 17.1 Å². The Morgan fingerprint density at radius 3 is 2.45 bits per heavy atom. The Bertz CT molecular complexity index is 474. The first-order valence-electron chi connectivity index (χ1n) is 7.92. The smallest absolute Gasteiger partial charge is 0.176 e. The average Bonchev–Trinajstić information content (AvgIpc) is 2.46. The van der Waals surface area contributed by atoms with Crippen LogP contribution in [0.3, 0.4) is 0 Å². The van der Waals surface area contributed by atoms with E-state index in [1.54, 1.807) is 6.92 Å². The molecule has 1 heterocycles. The molecule has 0 amide bonds. The van der Waals surface area contributed by atoms with Crippen molar-refractivity contribution in [1.29, 1.82) is 0 Å². The number of carbonyl (C=O) groups excluding carboxylic acids is 1. The predicted molar refractivity (Wildman–Crippen MR) is 84.0 cm³/mol. The lowest BCUT2D eigenvalue weighted by atomic mass is 10.1. The molecule has 0 radical (unpaired) electrons. The van der Waals surface area contributed by atoms with Crippen molar-refractivity contribution < 1.29 is 4.79 Å². The van der Waals surface area contributed by atoms with Gasteiger partial charge in [-0.1, -0.05) is 52.0 Å². The van der Waals surface area contributed by atoms with Crippen molar-refractivity contribution in [2.24, 2.45) is 4.99 Å². The van der Waals surface area contributed by atoms with Gasteiger partial charge in [0, 0.05) is 13.5 Å². The number of H-pyrrole nitrogens is 1. The lowest BCUT2D eigenvalue weighted by Crippen LogP contribution is -2.15. The number of aryl methyl sites for hydroxylation is 1. The minimum absolute atomic E-state index is 0.0819. The summed E-state index contributed by atoms with van der Waals surface area (Å²) in [7, 11) is 0. The van der Waals surface area contributed by atoms with Crippen LogP contribution in [0.1, 0.15) is 75.3 Å². The zero-order valence-corrected chi connectivity index (χ0v) is 13.2. The molecule has 1 aromatic heterocycles. The Morgan fingerprint density at radius 2 is 1.80 bits per heavy atom. The average molecular weight is 276 g/mol. The lowest BCUT2D eigenvalue weighted by Gasteiger charge is -2.04. The van der Waals surface area contributed by atoms with Crippen LogP contribution >= 0.6 is 0 Å². The van der Waals surface area contributed by atoms with Crippen molar-refractivity contribution in [3.63, 3.8) is 0 Å². The molecule has 1 rings (SSSR count). The molecule has 0 saturated heterocycles. The van der Waals surface area contributed by atoms with Gasteiger partial charge >= 0.3 is 0 Å². The number of hydrogen-bond acceptors (Lipinski definition) is 2. The van der Waals surface area contributed by atoms with Crippen LogP contribution in [0.4, 0.5) is 0 Å². The van der Waals surface area contributed by atoms with Crippen LogP contribution in [-0.2, 0) is 6.42 Å². The number of Topliss-reactive ketones (excluding diaryl/α,β-unsaturated/α-hetero) is 1. The second kappa shape index (κ2) is 9.51. The number of pyridine rings is 1. The number of ketones is 1. The standard InChI is InChI=1S/C17H28N2O/c1-4-6-7-8-9-10-13-18-16-12-11-15(5-2)17(19-16)14(3)20/h11-12H,4-10,13H2,1-3H3,(H,18,19). The number of hydrogen-bond donors (Lipinski definition) is 1. The van der Waals surface area contributed by atoms with Gasteiger partial charge in [0.25, 0.3) is 0 Å². The Balaban J connectivity index is 2.52. The molecule has 0 aliphatic carbocycles. The molecule has 20 heavy (non-hydrogen) atoms. The van der Waals surface area contributed by atoms with Crippen LogP contribution < -0.4 is 5.49 Å². The Hall–Kier alpha value is -1.38. The number of nitrogens with zero attached hydrogens (tertiary/aromatic N) is 1. The second-order valence-electron chi connectivity index (χ2n) is 5.30. The molecule has 0 aliphatic rings. The molecule has 1 aromatic rings. The molecule has 0 unspecified atom stereocenters. The Morgan fingerprint density at radius 1 is 1.10 bits per heavy atom. The van der Waals surface area contributed by atoms with E-state index in [2.05, 4.69) is 23.8 Å². The highest BCUT2D eigenvalue weighted by Gasteiger charge is 2.05. The van der Waals surface area contributed by atoms with Crippen molar-refractivity contribution in [3.8, 4) is 0 Å². The van der Waals surface area contributed by atoms with Gasteiger partial charge in [0.15, 0.2) is 5.78 Å². The van der Waals surface area contributed by atoms with Crippen molar-refractivity contribution in [3.05, 3.63) is 28.9 Å². The van der Waals surface area contributed by atoms with Gasteiger partial charge in [0.05, 0.1) is 5.69 Å². The molecule has 0 aliphatic heterocycles. The summed E-state index contributed by atoms with van der Waals surface area (Å²) in [5.41, 5.74) is 2.59. The molecule has 0 spiro atoms. The number of rotatable bonds is 9. The molecule has 0 aromatic carbocycles. The highest BCUT2D eigenvalue weighted by molar-refractivity contribution is 5.93. The fraction of sp³-hybridized carbons (Fsp3) is 0.647. The number of aromatic amines is 1. The summed E-state index contributed by atoms with van der Waals surface area (Å²) in [6, 6.07) is 3.98. The van der Waals surface area contributed by atoms with Crippen LogP contribution in [0.2, 0.25) is 0 Å². The third-order valence-electron chi connectivity index (χ3n) is 3.54. The Kier molecular flexibility index (Phi) is 7.93. The predicted octanol–water partition coefficient (Wildman–Crippen LogP) is 4.04. The molecule has 0 fully saturated rings. The van der Waals surface area contributed by atoms with Gasteiger partial charge in [0.2, 0.25) is 0 Å². The summed E-state index contributed by atoms with van der Waals surface area (Å²) < 4.78 is 0. The third-order valence-corrected chi connectivity index (χ3v) is 3.54. The van der Waals surface area contributed by atoms with E-state index in [0.29, 0.717) is 5.69 Å². The van der Waals surface area contributed by atoms with Gasteiger partial charge in [-0.3, -0.25) is 9.79 Å². The normalized spacial score (nSPS) is 11.8. The fourth-order valence-corrected chi connectivity index (χ4v) is 2.31.